The van der Waals surface area contributed by atoms with Crippen LogP contribution in [0.2, 0.25) is 0 Å². The van der Waals surface area contributed by atoms with Crippen molar-refractivity contribution in [2.24, 2.45) is 0 Å². The van der Waals surface area contributed by atoms with Crippen molar-refractivity contribution in [1.82, 2.24) is 10.3 Å². The lowest BCUT2D eigenvalue weighted by Gasteiger charge is -2.07. The minimum absolute atomic E-state index is 0.292. The number of nitrogens with one attached hydrogen (secondary N) is 1. The fourth-order valence-electron chi connectivity index (χ4n) is 1.98. The van der Waals surface area contributed by atoms with Crippen molar-refractivity contribution in [2.45, 2.75) is 46.2 Å². The number of hydrogen-bond donors (Lipinski definition) is 2. The van der Waals surface area contributed by atoms with Crippen molar-refractivity contribution >= 4 is 11.3 Å². The lowest BCUT2D eigenvalue weighted by atomic mass is 10.2. The Morgan fingerprint density at radius 3 is 2.55 bits per heavy atom. The molecule has 0 atom stereocenters. The molecular weight excluding hydrogens is 268 g/mol. The lowest BCUT2D eigenvalue weighted by molar-refractivity contribution is 0.475. The zero-order valence-corrected chi connectivity index (χ0v) is 13.1. The number of aromatic hydroxyl groups is 1. The topological polar surface area (TPSA) is 45.2 Å². The van der Waals surface area contributed by atoms with Crippen LogP contribution in [0.3, 0.4) is 0 Å². The molecule has 0 spiro atoms. The molecule has 0 unspecified atom stereocenters. The second-order valence-electron chi connectivity index (χ2n) is 5.22. The van der Waals surface area contributed by atoms with Gasteiger partial charge in [-0.15, -0.1) is 11.3 Å². The van der Waals surface area contributed by atoms with Gasteiger partial charge in [-0.2, -0.15) is 0 Å². The van der Waals surface area contributed by atoms with Gasteiger partial charge in [0.05, 0.1) is 5.69 Å². The highest BCUT2D eigenvalue weighted by Gasteiger charge is 2.12. The van der Waals surface area contributed by atoms with Gasteiger partial charge < -0.3 is 10.4 Å². The maximum Gasteiger partial charge on any atom is 0.123 e. The summed E-state index contributed by atoms with van der Waals surface area (Å²) in [7, 11) is 0. The van der Waals surface area contributed by atoms with Crippen LogP contribution in [0.5, 0.6) is 5.75 Å². The Balaban J connectivity index is 2.25. The van der Waals surface area contributed by atoms with E-state index in [1.165, 1.54) is 10.6 Å². The molecule has 0 bridgehead atoms. The first-order valence-electron chi connectivity index (χ1n) is 7.11. The van der Waals surface area contributed by atoms with Crippen molar-refractivity contribution in [3.63, 3.8) is 0 Å². The van der Waals surface area contributed by atoms with Gasteiger partial charge in [-0.25, -0.2) is 4.98 Å². The van der Waals surface area contributed by atoms with Crippen LogP contribution in [0.1, 0.15) is 37.8 Å². The molecule has 0 saturated carbocycles. The fourth-order valence-corrected chi connectivity index (χ4v) is 3.04. The van der Waals surface area contributed by atoms with E-state index in [2.05, 4.69) is 26.1 Å². The summed E-state index contributed by atoms with van der Waals surface area (Å²) in [6, 6.07) is 7.74. The Bertz CT molecular complexity index is 546. The van der Waals surface area contributed by atoms with E-state index in [4.69, 9.17) is 4.98 Å². The number of thiazole rings is 1. The molecule has 0 saturated heterocycles. The van der Waals surface area contributed by atoms with Gasteiger partial charge in [-0.1, -0.05) is 27.2 Å². The predicted molar refractivity (Wildman–Crippen MR) is 85.2 cm³/mol. The summed E-state index contributed by atoms with van der Waals surface area (Å²) in [5.41, 5.74) is 2.27. The first-order valence-corrected chi connectivity index (χ1v) is 7.93. The Morgan fingerprint density at radius 2 is 1.95 bits per heavy atom. The normalized spacial score (nSPS) is 11.2. The van der Waals surface area contributed by atoms with Crippen molar-refractivity contribution in [2.75, 3.05) is 0 Å². The lowest BCUT2D eigenvalue weighted by Crippen LogP contribution is -2.21. The molecule has 1 heterocycles. The van der Waals surface area contributed by atoms with Crippen molar-refractivity contribution in [3.8, 4) is 16.3 Å². The van der Waals surface area contributed by atoms with Crippen LogP contribution in [0.4, 0.5) is 0 Å². The highest BCUT2D eigenvalue weighted by atomic mass is 32.1. The van der Waals surface area contributed by atoms with Crippen molar-refractivity contribution in [3.05, 3.63) is 34.8 Å². The van der Waals surface area contributed by atoms with E-state index in [-0.39, 0.29) is 0 Å². The molecule has 0 radical (unpaired) electrons. The highest BCUT2D eigenvalue weighted by Crippen LogP contribution is 2.30. The number of nitrogens with zero attached hydrogens (tertiary/aromatic N) is 1. The second-order valence-corrected chi connectivity index (χ2v) is 6.30. The molecule has 1 aromatic carbocycles. The van der Waals surface area contributed by atoms with Gasteiger partial charge in [0.15, 0.2) is 0 Å². The molecule has 3 nitrogen and oxygen atoms in total. The van der Waals surface area contributed by atoms with E-state index >= 15 is 0 Å². The summed E-state index contributed by atoms with van der Waals surface area (Å²) in [6.45, 7) is 7.37. The third kappa shape index (κ3) is 3.81. The maximum absolute atomic E-state index is 9.37. The summed E-state index contributed by atoms with van der Waals surface area (Å²) >= 11 is 1.75. The number of aromatic nitrogens is 1. The number of phenols is 1. The molecular formula is C16H22N2OS. The fraction of sp³-hybridized carbons (Fsp3) is 0.438. The van der Waals surface area contributed by atoms with Gasteiger partial charge >= 0.3 is 0 Å². The quantitative estimate of drug-likeness (QED) is 0.846. The zero-order valence-electron chi connectivity index (χ0n) is 12.3. The molecule has 0 aliphatic carbocycles. The third-order valence-electron chi connectivity index (χ3n) is 3.05. The summed E-state index contributed by atoms with van der Waals surface area (Å²) in [6.07, 6.45) is 2.12. The largest absolute Gasteiger partial charge is 0.508 e. The molecule has 0 amide bonds. The average molecular weight is 290 g/mol. The third-order valence-corrected chi connectivity index (χ3v) is 4.20. The van der Waals surface area contributed by atoms with Crippen molar-refractivity contribution in [1.29, 1.82) is 0 Å². The van der Waals surface area contributed by atoms with Crippen LogP contribution in [0.25, 0.3) is 10.6 Å². The Morgan fingerprint density at radius 1 is 1.25 bits per heavy atom. The van der Waals surface area contributed by atoms with Crippen LogP contribution in [-0.4, -0.2) is 16.1 Å². The molecule has 2 rings (SSSR count). The number of hydrogen-bond acceptors (Lipinski definition) is 4. The maximum atomic E-state index is 9.37. The van der Waals surface area contributed by atoms with E-state index in [1.807, 2.05) is 12.1 Å². The minimum atomic E-state index is 0.292. The molecule has 0 aliphatic rings. The summed E-state index contributed by atoms with van der Waals surface area (Å²) in [5, 5.41) is 13.9. The monoisotopic (exact) mass is 290 g/mol. The Hall–Kier alpha value is -1.39. The first-order chi connectivity index (χ1) is 9.60. The van der Waals surface area contributed by atoms with Crippen LogP contribution in [0.15, 0.2) is 24.3 Å². The SMILES string of the molecule is CCCc1nc(-c2ccc(O)cc2)sc1CNC(C)C. The van der Waals surface area contributed by atoms with Gasteiger partial charge in [0.1, 0.15) is 10.8 Å². The van der Waals surface area contributed by atoms with Crippen LogP contribution < -0.4 is 5.32 Å². The molecule has 1 aromatic heterocycles. The van der Waals surface area contributed by atoms with Crippen LogP contribution in [-0.2, 0) is 13.0 Å². The second kappa shape index (κ2) is 6.86. The van der Waals surface area contributed by atoms with Gasteiger partial charge in [-0.3, -0.25) is 0 Å². The highest BCUT2D eigenvalue weighted by molar-refractivity contribution is 7.15. The molecule has 20 heavy (non-hydrogen) atoms. The van der Waals surface area contributed by atoms with Crippen LogP contribution in [0, 0.1) is 0 Å². The molecule has 4 heteroatoms. The van der Waals surface area contributed by atoms with E-state index in [1.54, 1.807) is 23.5 Å². The van der Waals surface area contributed by atoms with E-state index in [9.17, 15) is 5.11 Å². The van der Waals surface area contributed by atoms with Gasteiger partial charge in [0.2, 0.25) is 0 Å². The molecule has 2 aromatic rings. The predicted octanol–water partition coefficient (Wildman–Crippen LogP) is 3.97. The van der Waals surface area contributed by atoms with Gasteiger partial charge in [-0.05, 0) is 30.7 Å². The number of phenolic OH excluding ortho intramolecular Hbond substituents is 1. The van der Waals surface area contributed by atoms with E-state index < -0.39 is 0 Å². The Kier molecular flexibility index (Phi) is 5.15. The number of aryl methyl sites for hydroxylation is 1. The molecule has 108 valence electrons. The zero-order chi connectivity index (χ0) is 14.5. The summed E-state index contributed by atoms with van der Waals surface area (Å²) in [4.78, 5) is 6.10. The van der Waals surface area contributed by atoms with E-state index in [0.717, 1.165) is 30.0 Å². The first kappa shape index (κ1) is 15.0. The van der Waals surface area contributed by atoms with E-state index in [0.29, 0.717) is 11.8 Å². The van der Waals surface area contributed by atoms with Crippen molar-refractivity contribution < 1.29 is 5.11 Å². The molecule has 0 aliphatic heterocycles. The number of rotatable bonds is 6. The average Bonchev–Trinajstić information content (AvgIpc) is 2.81. The Labute approximate surface area is 124 Å². The number of benzene rings is 1. The standard InChI is InChI=1S/C16H22N2OS/c1-4-5-14-15(10-17-11(2)3)20-16(18-14)12-6-8-13(19)9-7-12/h6-9,11,17,19H,4-5,10H2,1-3H3. The van der Waals surface area contributed by atoms with Gasteiger partial charge in [0, 0.05) is 23.0 Å². The van der Waals surface area contributed by atoms with Crippen LogP contribution >= 0.6 is 11.3 Å². The summed E-state index contributed by atoms with van der Waals surface area (Å²) in [5.74, 6) is 0.292. The minimum Gasteiger partial charge on any atom is -0.508 e. The smallest absolute Gasteiger partial charge is 0.123 e. The molecule has 2 N–H and O–H groups in total. The summed E-state index contributed by atoms with van der Waals surface area (Å²) < 4.78 is 0. The molecule has 0 fully saturated rings. The van der Waals surface area contributed by atoms with Gasteiger partial charge in [0.25, 0.3) is 0 Å².